The number of esters is 1. The Hall–Kier alpha value is -3.70. The molecule has 4 N–H and O–H groups in total. The van der Waals surface area contributed by atoms with Crippen LogP contribution in [0.3, 0.4) is 0 Å². The highest BCUT2D eigenvalue weighted by atomic mass is 16.6. The van der Waals surface area contributed by atoms with E-state index in [-0.39, 0.29) is 31.3 Å². The number of allylic oxidation sites excluding steroid dienone is 1. The first kappa shape index (κ1) is 43.5. The molecule has 1 unspecified atom stereocenters. The number of nitrogens with one attached hydrogen (secondary N) is 4. The van der Waals surface area contributed by atoms with E-state index < -0.39 is 76.1 Å². The zero-order chi connectivity index (χ0) is 38.9. The molecule has 0 aromatic heterocycles. The third kappa shape index (κ3) is 11.9. The molecule has 0 spiro atoms. The molecule has 1 saturated carbocycles. The summed E-state index contributed by atoms with van der Waals surface area (Å²) in [7, 11) is 0. The highest BCUT2D eigenvalue weighted by Gasteiger charge is 2.50. The first-order chi connectivity index (χ1) is 23.6. The van der Waals surface area contributed by atoms with Crippen LogP contribution >= 0.6 is 0 Å². The molecule has 1 aliphatic carbocycles. The summed E-state index contributed by atoms with van der Waals surface area (Å²) < 4.78 is 5.62. The summed E-state index contributed by atoms with van der Waals surface area (Å²) in [6, 6.07) is -4.96. The lowest BCUT2D eigenvalue weighted by atomic mass is 9.75. The van der Waals surface area contributed by atoms with Crippen molar-refractivity contribution in [2.75, 3.05) is 13.1 Å². The van der Waals surface area contributed by atoms with Gasteiger partial charge < -0.3 is 30.9 Å². The van der Waals surface area contributed by atoms with Crippen LogP contribution in [0.5, 0.6) is 0 Å². The summed E-state index contributed by atoms with van der Waals surface area (Å²) in [6.45, 7) is 26.9. The Kier molecular flexibility index (Phi) is 15.5. The number of nitrogens with zero attached hydrogens (tertiary/aromatic N) is 1. The maximum atomic E-state index is 14.8. The number of unbranched alkanes of at least 4 members (excludes halogenated alkanes) is 1. The predicted octanol–water partition coefficient (Wildman–Crippen LogP) is 4.97. The second-order valence-electron chi connectivity index (χ2n) is 16.8. The van der Waals surface area contributed by atoms with Gasteiger partial charge in [-0.15, -0.1) is 6.58 Å². The van der Waals surface area contributed by atoms with Gasteiger partial charge in [-0.25, -0.2) is 9.59 Å². The lowest BCUT2D eigenvalue weighted by Gasteiger charge is -2.36. The molecular weight excluding hydrogens is 650 g/mol. The molecule has 5 amide bonds. The number of likely N-dealkylation sites (tertiary alicyclic amines) is 1. The second kappa shape index (κ2) is 18.2. The molecule has 2 rings (SSSR count). The van der Waals surface area contributed by atoms with E-state index in [4.69, 9.17) is 4.74 Å². The van der Waals surface area contributed by atoms with Crippen LogP contribution in [0.1, 0.15) is 121 Å². The minimum atomic E-state index is -1.16. The van der Waals surface area contributed by atoms with Crippen molar-refractivity contribution in [2.24, 2.45) is 22.7 Å². The van der Waals surface area contributed by atoms with Crippen molar-refractivity contribution in [3.05, 3.63) is 24.8 Å². The van der Waals surface area contributed by atoms with Crippen LogP contribution < -0.4 is 21.3 Å². The molecule has 5 atom stereocenters. The van der Waals surface area contributed by atoms with Gasteiger partial charge in [0.05, 0.1) is 6.04 Å². The van der Waals surface area contributed by atoms with Gasteiger partial charge in [0.25, 0.3) is 5.91 Å². The molecule has 288 valence electrons. The third-order valence-electron chi connectivity index (χ3n) is 9.94. The Morgan fingerprint density at radius 3 is 2.04 bits per heavy atom. The number of hydrogen-bond acceptors (Lipinski definition) is 7. The van der Waals surface area contributed by atoms with Crippen LogP contribution in [0.15, 0.2) is 24.8 Å². The smallest absolute Gasteiger partial charge is 0.329 e. The average Bonchev–Trinajstić information content (AvgIpc) is 3.40. The summed E-state index contributed by atoms with van der Waals surface area (Å²) in [5, 5.41) is 11.0. The highest BCUT2D eigenvalue weighted by Crippen LogP contribution is 2.42. The Morgan fingerprint density at radius 1 is 0.922 bits per heavy atom. The molecule has 0 bridgehead atoms. The van der Waals surface area contributed by atoms with Crippen LogP contribution in [0.4, 0.5) is 4.79 Å². The van der Waals surface area contributed by atoms with E-state index in [9.17, 15) is 28.8 Å². The van der Waals surface area contributed by atoms with Crippen LogP contribution in [0, 0.1) is 22.7 Å². The fourth-order valence-corrected chi connectivity index (χ4v) is 6.86. The fraction of sp³-hybridized carbons (Fsp3) is 0.744. The van der Waals surface area contributed by atoms with E-state index in [1.165, 1.54) is 4.90 Å². The Morgan fingerprint density at radius 2 is 1.53 bits per heavy atom. The first-order valence-electron chi connectivity index (χ1n) is 18.6. The zero-order valence-electron chi connectivity index (χ0n) is 32.8. The van der Waals surface area contributed by atoms with E-state index >= 15 is 0 Å². The quantitative estimate of drug-likeness (QED) is 0.106. The van der Waals surface area contributed by atoms with E-state index in [2.05, 4.69) is 34.4 Å². The Labute approximate surface area is 305 Å². The normalized spacial score (nSPS) is 20.4. The monoisotopic (exact) mass is 715 g/mol. The molecule has 0 aromatic carbocycles. The molecule has 2 fully saturated rings. The van der Waals surface area contributed by atoms with Crippen molar-refractivity contribution in [2.45, 2.75) is 150 Å². The summed E-state index contributed by atoms with van der Waals surface area (Å²) in [5.74, 6) is -3.76. The molecule has 1 aliphatic heterocycles. The molecule has 2 aliphatic rings. The molecule has 1 saturated heterocycles. The summed E-state index contributed by atoms with van der Waals surface area (Å²) in [6.07, 6.45) is 7.51. The van der Waals surface area contributed by atoms with Gasteiger partial charge in [-0.2, -0.15) is 0 Å². The number of Topliss-reactive ketones (excluding diaryl/α,β-unsaturated/α-hetero) is 1. The van der Waals surface area contributed by atoms with Crippen molar-refractivity contribution in [3.8, 4) is 0 Å². The number of likely N-dealkylation sites (N-methyl/N-ethyl adjacent to an activating group) is 1. The molecule has 12 heteroatoms. The first-order valence-corrected chi connectivity index (χ1v) is 18.6. The number of carbonyl (C=O) groups is 6. The standard InChI is InChI=1S/C39H65N5O7/c1-13-16-22-27(30(45)33(47)40-15-3)41-32(46)29-24(4)26(39(11,12)14-2)23-44(29)34(48)28(25-20-18-17-19-21-25)42-36(50)43-31(37(5,6)7)35(49)51-38(8,9)10/h14,25-29,31H,2,4,13,15-23H2,1,3,5-12H3,(H,40,47)(H,41,46)(H2,42,43,50)/t26-,27?,28-,29-,31+/m0/s1. The Bertz CT molecular complexity index is 1310. The minimum Gasteiger partial charge on any atom is -0.458 e. The number of ketones is 1. The topological polar surface area (TPSA) is 163 Å². The van der Waals surface area contributed by atoms with Gasteiger partial charge in [0.1, 0.15) is 23.7 Å². The highest BCUT2D eigenvalue weighted by molar-refractivity contribution is 6.38. The number of rotatable bonds is 15. The van der Waals surface area contributed by atoms with Gasteiger partial charge in [0.2, 0.25) is 17.6 Å². The van der Waals surface area contributed by atoms with E-state index in [1.807, 2.05) is 41.5 Å². The summed E-state index contributed by atoms with van der Waals surface area (Å²) in [5.41, 5.74) is -1.55. The molecule has 51 heavy (non-hydrogen) atoms. The van der Waals surface area contributed by atoms with Gasteiger partial charge in [0, 0.05) is 19.0 Å². The van der Waals surface area contributed by atoms with E-state index in [1.54, 1.807) is 33.8 Å². The number of urea groups is 1. The number of ether oxygens (including phenoxy) is 1. The number of amides is 5. The second-order valence-corrected chi connectivity index (χ2v) is 16.8. The minimum absolute atomic E-state index is 0.133. The lowest BCUT2D eigenvalue weighted by molar-refractivity contribution is -0.160. The van der Waals surface area contributed by atoms with Crippen LogP contribution in [-0.4, -0.2) is 83.3 Å². The van der Waals surface area contributed by atoms with Gasteiger partial charge in [-0.1, -0.05) is 86.3 Å². The van der Waals surface area contributed by atoms with E-state index in [0.29, 0.717) is 24.8 Å². The van der Waals surface area contributed by atoms with Gasteiger partial charge in [-0.3, -0.25) is 19.2 Å². The third-order valence-corrected chi connectivity index (χ3v) is 9.94. The zero-order valence-corrected chi connectivity index (χ0v) is 32.8. The maximum absolute atomic E-state index is 14.8. The van der Waals surface area contributed by atoms with Crippen molar-refractivity contribution in [1.82, 2.24) is 26.2 Å². The van der Waals surface area contributed by atoms with Crippen molar-refractivity contribution >= 4 is 35.5 Å². The molecule has 12 nitrogen and oxygen atoms in total. The predicted molar refractivity (Wildman–Crippen MR) is 198 cm³/mol. The summed E-state index contributed by atoms with van der Waals surface area (Å²) >= 11 is 0. The summed E-state index contributed by atoms with van der Waals surface area (Å²) in [4.78, 5) is 83.1. The van der Waals surface area contributed by atoms with Crippen molar-refractivity contribution in [1.29, 1.82) is 0 Å². The molecular formula is C39H65N5O7. The van der Waals surface area contributed by atoms with Gasteiger partial charge in [0.15, 0.2) is 0 Å². The van der Waals surface area contributed by atoms with Crippen LogP contribution in [0.25, 0.3) is 0 Å². The van der Waals surface area contributed by atoms with Crippen molar-refractivity contribution < 1.29 is 33.5 Å². The lowest BCUT2D eigenvalue weighted by Crippen LogP contribution is -2.61. The SMILES string of the molecule is C=CC(C)(C)[C@H]1CN(C(=O)[C@@H](NC(=O)N[C@H](C(=O)OC(C)(C)C)C(C)(C)C)C2CCCCC2)[C@H](C(=O)NC(CCCC)C(=O)C(=O)NCC)C1=C. The molecule has 1 heterocycles. The Balaban J connectivity index is 2.53. The van der Waals surface area contributed by atoms with Crippen LogP contribution in [-0.2, 0) is 28.7 Å². The largest absolute Gasteiger partial charge is 0.458 e. The van der Waals surface area contributed by atoms with Crippen molar-refractivity contribution in [3.63, 3.8) is 0 Å². The fourth-order valence-electron chi connectivity index (χ4n) is 6.86. The molecule has 0 aromatic rings. The van der Waals surface area contributed by atoms with Gasteiger partial charge in [-0.05, 0) is 69.3 Å². The van der Waals surface area contributed by atoms with Crippen LogP contribution in [0.2, 0.25) is 0 Å². The molecule has 0 radical (unpaired) electrons. The number of carbonyl (C=O) groups excluding carboxylic acids is 6. The maximum Gasteiger partial charge on any atom is 0.329 e. The average molecular weight is 716 g/mol. The van der Waals surface area contributed by atoms with E-state index in [0.717, 1.165) is 25.7 Å². The number of hydrogen-bond donors (Lipinski definition) is 4. The van der Waals surface area contributed by atoms with Gasteiger partial charge >= 0.3 is 12.0 Å².